The van der Waals surface area contributed by atoms with Gasteiger partial charge in [-0.15, -0.1) is 0 Å². The van der Waals surface area contributed by atoms with Crippen LogP contribution in [0.5, 0.6) is 0 Å². The Hall–Kier alpha value is -2.67. The van der Waals surface area contributed by atoms with Crippen LogP contribution in [0.15, 0.2) is 30.3 Å². The Balaban J connectivity index is 2.90. The van der Waals surface area contributed by atoms with Gasteiger partial charge in [-0.25, -0.2) is 4.79 Å². The molecular formula is C24H40N6O5S. The molecule has 10 N–H and O–H groups in total. The van der Waals surface area contributed by atoms with Crippen molar-refractivity contribution in [2.24, 2.45) is 17.2 Å². The summed E-state index contributed by atoms with van der Waals surface area (Å²) in [6.45, 7) is 0.914. The van der Waals surface area contributed by atoms with Crippen LogP contribution in [0, 0.1) is 0 Å². The highest BCUT2D eigenvalue weighted by atomic mass is 32.1. The van der Waals surface area contributed by atoms with Crippen molar-refractivity contribution in [3.8, 4) is 0 Å². The third-order valence-corrected chi connectivity index (χ3v) is 5.96. The van der Waals surface area contributed by atoms with E-state index >= 15 is 0 Å². The van der Waals surface area contributed by atoms with Gasteiger partial charge in [0.2, 0.25) is 17.7 Å². The summed E-state index contributed by atoms with van der Waals surface area (Å²) in [7, 11) is 0. The molecular weight excluding hydrogens is 484 g/mol. The molecule has 0 bridgehead atoms. The van der Waals surface area contributed by atoms with E-state index < -0.39 is 47.9 Å². The van der Waals surface area contributed by atoms with Crippen molar-refractivity contribution < 1.29 is 24.3 Å². The standard InChI is InChI=1S/C24H40N6O5S/c25-12-6-4-10-17(27)21(31)29-19(14-16-8-2-1-3-9-16)22(32)30-20(15-36)23(33)28-18(24(34)35)11-5-7-13-26/h1-3,8-9,17-20,36H,4-7,10-15,25-27H2,(H,28,33)(H,29,31)(H,30,32)(H,34,35). The summed E-state index contributed by atoms with van der Waals surface area (Å²) in [6.07, 6.45) is 3.37. The second-order valence-electron chi connectivity index (χ2n) is 8.57. The summed E-state index contributed by atoms with van der Waals surface area (Å²) in [5.41, 5.74) is 17.7. The molecule has 0 saturated carbocycles. The number of carbonyl (C=O) groups excluding carboxylic acids is 3. The molecule has 1 rings (SSSR count). The van der Waals surface area contributed by atoms with Crippen molar-refractivity contribution in [3.63, 3.8) is 0 Å². The molecule has 0 aliphatic rings. The maximum absolute atomic E-state index is 13.1. The Morgan fingerprint density at radius 2 is 1.31 bits per heavy atom. The van der Waals surface area contributed by atoms with Gasteiger partial charge >= 0.3 is 5.97 Å². The fourth-order valence-electron chi connectivity index (χ4n) is 3.47. The summed E-state index contributed by atoms with van der Waals surface area (Å²) < 4.78 is 0. The quantitative estimate of drug-likeness (QED) is 0.0907. The van der Waals surface area contributed by atoms with Crippen molar-refractivity contribution in [2.45, 2.75) is 69.1 Å². The van der Waals surface area contributed by atoms with Crippen molar-refractivity contribution >= 4 is 36.3 Å². The maximum Gasteiger partial charge on any atom is 0.326 e. The van der Waals surface area contributed by atoms with Crippen molar-refractivity contribution in [1.82, 2.24) is 16.0 Å². The normalized spacial score (nSPS) is 14.2. The van der Waals surface area contributed by atoms with E-state index in [1.54, 1.807) is 0 Å². The van der Waals surface area contributed by atoms with Gasteiger partial charge in [0.25, 0.3) is 0 Å². The molecule has 1 aromatic rings. The molecule has 4 unspecified atom stereocenters. The second-order valence-corrected chi connectivity index (χ2v) is 8.93. The van der Waals surface area contributed by atoms with E-state index in [4.69, 9.17) is 17.2 Å². The van der Waals surface area contributed by atoms with Gasteiger partial charge in [0.15, 0.2) is 0 Å². The summed E-state index contributed by atoms with van der Waals surface area (Å²) in [6, 6.07) is 5.05. The minimum Gasteiger partial charge on any atom is -0.480 e. The third kappa shape index (κ3) is 11.8. The van der Waals surface area contributed by atoms with Crippen molar-refractivity contribution in [1.29, 1.82) is 0 Å². The van der Waals surface area contributed by atoms with Gasteiger partial charge in [0.1, 0.15) is 18.1 Å². The number of hydrogen-bond donors (Lipinski definition) is 8. The fraction of sp³-hybridized carbons (Fsp3) is 0.583. The summed E-state index contributed by atoms with van der Waals surface area (Å²) in [5, 5.41) is 17.1. The lowest BCUT2D eigenvalue weighted by Crippen LogP contribution is -2.58. The molecule has 12 heteroatoms. The number of amides is 3. The highest BCUT2D eigenvalue weighted by Crippen LogP contribution is 2.07. The van der Waals surface area contributed by atoms with E-state index in [1.807, 2.05) is 30.3 Å². The lowest BCUT2D eigenvalue weighted by atomic mass is 10.0. The summed E-state index contributed by atoms with van der Waals surface area (Å²) >= 11 is 4.15. The molecule has 0 fully saturated rings. The minimum atomic E-state index is -1.18. The number of nitrogens with two attached hydrogens (primary N) is 3. The Morgan fingerprint density at radius 3 is 1.86 bits per heavy atom. The molecule has 0 spiro atoms. The molecule has 0 heterocycles. The largest absolute Gasteiger partial charge is 0.480 e. The van der Waals surface area contributed by atoms with Gasteiger partial charge in [-0.1, -0.05) is 36.8 Å². The van der Waals surface area contributed by atoms with Crippen LogP contribution in [0.3, 0.4) is 0 Å². The number of carbonyl (C=O) groups is 4. The Kier molecular flexibility index (Phi) is 15.4. The first kappa shape index (κ1) is 31.4. The molecule has 36 heavy (non-hydrogen) atoms. The highest BCUT2D eigenvalue weighted by Gasteiger charge is 2.29. The van der Waals surface area contributed by atoms with E-state index in [0.717, 1.165) is 12.0 Å². The average Bonchev–Trinajstić information content (AvgIpc) is 2.86. The van der Waals surface area contributed by atoms with Crippen LogP contribution >= 0.6 is 12.6 Å². The van der Waals surface area contributed by atoms with E-state index in [1.165, 1.54) is 0 Å². The lowest BCUT2D eigenvalue weighted by Gasteiger charge is -2.24. The molecule has 202 valence electrons. The number of rotatable bonds is 18. The van der Waals surface area contributed by atoms with E-state index in [-0.39, 0.29) is 18.6 Å². The van der Waals surface area contributed by atoms with Crippen LogP contribution in [-0.2, 0) is 25.6 Å². The van der Waals surface area contributed by atoms with Gasteiger partial charge in [-0.3, -0.25) is 14.4 Å². The maximum atomic E-state index is 13.1. The SMILES string of the molecule is NCCCCC(N)C(=O)NC(Cc1ccccc1)C(=O)NC(CS)C(=O)NC(CCCCN)C(=O)O. The number of benzene rings is 1. The number of nitrogens with one attached hydrogen (secondary N) is 3. The van der Waals surface area contributed by atoms with Gasteiger partial charge in [-0.05, 0) is 50.8 Å². The zero-order chi connectivity index (χ0) is 26.9. The smallest absolute Gasteiger partial charge is 0.326 e. The van der Waals surface area contributed by atoms with E-state index in [0.29, 0.717) is 38.8 Å². The Morgan fingerprint density at radius 1 is 0.778 bits per heavy atom. The lowest BCUT2D eigenvalue weighted by molar-refractivity contribution is -0.142. The fourth-order valence-corrected chi connectivity index (χ4v) is 3.72. The average molecular weight is 525 g/mol. The van der Waals surface area contributed by atoms with Crippen molar-refractivity contribution in [2.75, 3.05) is 18.8 Å². The third-order valence-electron chi connectivity index (χ3n) is 5.60. The highest BCUT2D eigenvalue weighted by molar-refractivity contribution is 7.80. The predicted molar refractivity (Wildman–Crippen MR) is 141 cm³/mol. The zero-order valence-corrected chi connectivity index (χ0v) is 21.4. The van der Waals surface area contributed by atoms with Crippen LogP contribution in [0.4, 0.5) is 0 Å². The summed E-state index contributed by atoms with van der Waals surface area (Å²) in [5.74, 6) is -3.02. The number of thiol groups is 1. The van der Waals surface area contributed by atoms with Gasteiger partial charge in [-0.2, -0.15) is 12.6 Å². The molecule has 3 amide bonds. The number of carboxylic acid groups (broad SMARTS) is 1. The Labute approximate surface area is 217 Å². The number of unbranched alkanes of at least 4 members (excludes halogenated alkanes) is 2. The zero-order valence-electron chi connectivity index (χ0n) is 20.5. The number of aliphatic carboxylic acids is 1. The van der Waals surface area contributed by atoms with Crippen LogP contribution < -0.4 is 33.2 Å². The Bertz CT molecular complexity index is 828. The first-order chi connectivity index (χ1) is 17.2. The molecule has 0 radical (unpaired) electrons. The molecule has 1 aromatic carbocycles. The van der Waals surface area contributed by atoms with E-state index in [2.05, 4.69) is 28.6 Å². The summed E-state index contributed by atoms with van der Waals surface area (Å²) in [4.78, 5) is 50.1. The first-order valence-corrected chi connectivity index (χ1v) is 12.8. The van der Waals surface area contributed by atoms with Crippen LogP contribution in [-0.4, -0.2) is 71.8 Å². The molecule has 0 aromatic heterocycles. The molecule has 11 nitrogen and oxygen atoms in total. The van der Waals surface area contributed by atoms with Crippen LogP contribution in [0.25, 0.3) is 0 Å². The first-order valence-electron chi connectivity index (χ1n) is 12.2. The number of hydrogen-bond acceptors (Lipinski definition) is 8. The predicted octanol–water partition coefficient (Wildman–Crippen LogP) is -0.717. The van der Waals surface area contributed by atoms with Crippen molar-refractivity contribution in [3.05, 3.63) is 35.9 Å². The molecule has 4 atom stereocenters. The van der Waals surface area contributed by atoms with Gasteiger partial charge < -0.3 is 38.3 Å². The topological polar surface area (TPSA) is 203 Å². The van der Waals surface area contributed by atoms with Gasteiger partial charge in [0, 0.05) is 12.2 Å². The van der Waals surface area contributed by atoms with Crippen LogP contribution in [0.1, 0.15) is 44.1 Å². The molecule has 0 aliphatic heterocycles. The monoisotopic (exact) mass is 524 g/mol. The minimum absolute atomic E-state index is 0.0721. The second kappa shape index (κ2) is 17.7. The van der Waals surface area contributed by atoms with E-state index in [9.17, 15) is 24.3 Å². The van der Waals surface area contributed by atoms with Gasteiger partial charge in [0.05, 0.1) is 6.04 Å². The van der Waals surface area contributed by atoms with Crippen LogP contribution in [0.2, 0.25) is 0 Å². The molecule has 0 aliphatic carbocycles. The number of carboxylic acids is 1. The molecule has 0 saturated heterocycles.